The zero-order valence-corrected chi connectivity index (χ0v) is 8.80. The Hall–Kier alpha value is -1.33. The molecule has 1 aromatic carbocycles. The molecule has 0 aliphatic carbocycles. The van der Waals surface area contributed by atoms with Gasteiger partial charge in [-0.3, -0.25) is 0 Å². The van der Waals surface area contributed by atoms with E-state index < -0.39 is 0 Å². The molecular formula is C12H16N2. The molecule has 0 saturated carbocycles. The monoisotopic (exact) mass is 188 g/mol. The van der Waals surface area contributed by atoms with Crippen LogP contribution in [0.15, 0.2) is 18.2 Å². The summed E-state index contributed by atoms with van der Waals surface area (Å²) in [7, 11) is 0. The second kappa shape index (κ2) is 5.41. The number of hydrogen-bond acceptors (Lipinski definition) is 2. The van der Waals surface area contributed by atoms with E-state index in [9.17, 15) is 0 Å². The molecule has 0 aliphatic rings. The SMILES string of the molecule is CCNCCc1cc(C#N)ccc1C. The molecule has 1 rings (SSSR count). The van der Waals surface area contributed by atoms with Gasteiger partial charge in [0.2, 0.25) is 0 Å². The maximum atomic E-state index is 8.76. The maximum Gasteiger partial charge on any atom is 0.0991 e. The zero-order chi connectivity index (χ0) is 10.4. The summed E-state index contributed by atoms with van der Waals surface area (Å²) in [6.45, 7) is 6.16. The molecule has 0 radical (unpaired) electrons. The van der Waals surface area contributed by atoms with Gasteiger partial charge in [0.1, 0.15) is 0 Å². The van der Waals surface area contributed by atoms with Crippen LogP contribution in [-0.4, -0.2) is 13.1 Å². The first-order valence-corrected chi connectivity index (χ1v) is 4.98. The first kappa shape index (κ1) is 10.7. The van der Waals surface area contributed by atoms with Crippen molar-refractivity contribution < 1.29 is 0 Å². The molecule has 0 fully saturated rings. The van der Waals surface area contributed by atoms with Crippen molar-refractivity contribution >= 4 is 0 Å². The number of nitrogens with one attached hydrogen (secondary N) is 1. The molecule has 0 bridgehead atoms. The van der Waals surface area contributed by atoms with E-state index in [-0.39, 0.29) is 0 Å². The summed E-state index contributed by atoms with van der Waals surface area (Å²) in [5.74, 6) is 0. The number of aryl methyl sites for hydroxylation is 1. The fourth-order valence-corrected chi connectivity index (χ4v) is 1.41. The van der Waals surface area contributed by atoms with Gasteiger partial charge in [-0.15, -0.1) is 0 Å². The summed E-state index contributed by atoms with van der Waals surface area (Å²) >= 11 is 0. The molecule has 0 unspecified atom stereocenters. The normalized spacial score (nSPS) is 9.79. The number of hydrogen-bond donors (Lipinski definition) is 1. The van der Waals surface area contributed by atoms with Crippen LogP contribution in [0.3, 0.4) is 0 Å². The minimum Gasteiger partial charge on any atom is -0.317 e. The molecule has 2 nitrogen and oxygen atoms in total. The van der Waals surface area contributed by atoms with Gasteiger partial charge in [-0.1, -0.05) is 13.0 Å². The average molecular weight is 188 g/mol. The highest BCUT2D eigenvalue weighted by Gasteiger charge is 1.99. The lowest BCUT2D eigenvalue weighted by Gasteiger charge is -2.06. The van der Waals surface area contributed by atoms with Crippen LogP contribution < -0.4 is 5.32 Å². The molecule has 0 atom stereocenters. The van der Waals surface area contributed by atoms with Gasteiger partial charge in [0, 0.05) is 0 Å². The zero-order valence-electron chi connectivity index (χ0n) is 8.80. The number of rotatable bonds is 4. The third-order valence-corrected chi connectivity index (χ3v) is 2.30. The summed E-state index contributed by atoms with van der Waals surface area (Å²) in [5, 5.41) is 12.0. The predicted octanol–water partition coefficient (Wildman–Crippen LogP) is 2.02. The Morgan fingerprint density at radius 2 is 2.21 bits per heavy atom. The lowest BCUT2D eigenvalue weighted by Crippen LogP contribution is -2.16. The van der Waals surface area contributed by atoms with E-state index in [0.717, 1.165) is 25.1 Å². The molecule has 0 aliphatic heterocycles. The van der Waals surface area contributed by atoms with Crippen molar-refractivity contribution in [2.75, 3.05) is 13.1 Å². The summed E-state index contributed by atoms with van der Waals surface area (Å²) in [6.07, 6.45) is 0.995. The summed E-state index contributed by atoms with van der Waals surface area (Å²) in [6, 6.07) is 8.02. The number of likely N-dealkylation sites (N-methyl/N-ethyl adjacent to an activating group) is 1. The van der Waals surface area contributed by atoms with Crippen molar-refractivity contribution in [2.24, 2.45) is 0 Å². The van der Waals surface area contributed by atoms with Crippen LogP contribution in [0.25, 0.3) is 0 Å². The maximum absolute atomic E-state index is 8.76. The van der Waals surface area contributed by atoms with Crippen molar-refractivity contribution in [1.82, 2.24) is 5.32 Å². The van der Waals surface area contributed by atoms with Crippen LogP contribution in [-0.2, 0) is 6.42 Å². The highest BCUT2D eigenvalue weighted by molar-refractivity contribution is 5.37. The smallest absolute Gasteiger partial charge is 0.0991 e. The van der Waals surface area contributed by atoms with Gasteiger partial charge in [-0.2, -0.15) is 5.26 Å². The van der Waals surface area contributed by atoms with Crippen molar-refractivity contribution in [2.45, 2.75) is 20.3 Å². The topological polar surface area (TPSA) is 35.8 Å². The van der Waals surface area contributed by atoms with E-state index in [2.05, 4.69) is 25.2 Å². The van der Waals surface area contributed by atoms with Gasteiger partial charge in [-0.25, -0.2) is 0 Å². The number of nitriles is 1. The second-order valence-electron chi connectivity index (χ2n) is 3.36. The standard InChI is InChI=1S/C12H16N2/c1-3-14-7-6-12-8-11(9-13)5-4-10(12)2/h4-5,8,14H,3,6-7H2,1-2H3. The fourth-order valence-electron chi connectivity index (χ4n) is 1.41. The summed E-state index contributed by atoms with van der Waals surface area (Å²) in [4.78, 5) is 0. The second-order valence-corrected chi connectivity index (χ2v) is 3.36. The highest BCUT2D eigenvalue weighted by atomic mass is 14.8. The Morgan fingerprint density at radius 3 is 2.86 bits per heavy atom. The number of benzene rings is 1. The molecule has 0 spiro atoms. The van der Waals surface area contributed by atoms with Gasteiger partial charge in [0.15, 0.2) is 0 Å². The summed E-state index contributed by atoms with van der Waals surface area (Å²) < 4.78 is 0. The van der Waals surface area contributed by atoms with Crippen LogP contribution in [0.1, 0.15) is 23.6 Å². The van der Waals surface area contributed by atoms with E-state index in [1.54, 1.807) is 0 Å². The third kappa shape index (κ3) is 2.86. The van der Waals surface area contributed by atoms with Gasteiger partial charge in [-0.05, 0) is 49.7 Å². The first-order valence-electron chi connectivity index (χ1n) is 4.98. The molecule has 2 heteroatoms. The quantitative estimate of drug-likeness (QED) is 0.734. The molecule has 1 N–H and O–H groups in total. The molecule has 0 heterocycles. The van der Waals surface area contributed by atoms with E-state index in [0.29, 0.717) is 0 Å². The first-order chi connectivity index (χ1) is 6.77. The van der Waals surface area contributed by atoms with Gasteiger partial charge in [0.05, 0.1) is 11.6 Å². The molecule has 74 valence electrons. The Bertz CT molecular complexity index is 337. The van der Waals surface area contributed by atoms with Gasteiger partial charge in [0.25, 0.3) is 0 Å². The summed E-state index contributed by atoms with van der Waals surface area (Å²) in [5.41, 5.74) is 3.29. The average Bonchev–Trinajstić information content (AvgIpc) is 2.21. The molecule has 0 aromatic heterocycles. The highest BCUT2D eigenvalue weighted by Crippen LogP contribution is 2.10. The van der Waals surface area contributed by atoms with Crippen molar-refractivity contribution in [3.63, 3.8) is 0 Å². The molecular weight excluding hydrogens is 172 g/mol. The van der Waals surface area contributed by atoms with Crippen LogP contribution in [0.5, 0.6) is 0 Å². The van der Waals surface area contributed by atoms with Crippen molar-refractivity contribution in [3.05, 3.63) is 34.9 Å². The van der Waals surface area contributed by atoms with Crippen LogP contribution in [0.2, 0.25) is 0 Å². The van der Waals surface area contributed by atoms with E-state index in [1.807, 2.05) is 18.2 Å². The van der Waals surface area contributed by atoms with E-state index >= 15 is 0 Å². The molecule has 14 heavy (non-hydrogen) atoms. The lowest BCUT2D eigenvalue weighted by molar-refractivity contribution is 0.715. The van der Waals surface area contributed by atoms with Crippen molar-refractivity contribution in [1.29, 1.82) is 5.26 Å². The fraction of sp³-hybridized carbons (Fsp3) is 0.417. The molecule has 0 amide bonds. The Kier molecular flexibility index (Phi) is 4.15. The van der Waals surface area contributed by atoms with Gasteiger partial charge >= 0.3 is 0 Å². The third-order valence-electron chi connectivity index (χ3n) is 2.30. The number of nitrogens with zero attached hydrogens (tertiary/aromatic N) is 1. The van der Waals surface area contributed by atoms with Crippen LogP contribution in [0, 0.1) is 18.3 Å². The lowest BCUT2D eigenvalue weighted by atomic mass is 10.0. The Morgan fingerprint density at radius 1 is 1.43 bits per heavy atom. The molecule has 0 saturated heterocycles. The van der Waals surface area contributed by atoms with Crippen LogP contribution in [0.4, 0.5) is 0 Å². The minimum absolute atomic E-state index is 0.752. The van der Waals surface area contributed by atoms with Crippen LogP contribution >= 0.6 is 0 Å². The van der Waals surface area contributed by atoms with Crippen molar-refractivity contribution in [3.8, 4) is 6.07 Å². The van der Waals surface area contributed by atoms with Gasteiger partial charge < -0.3 is 5.32 Å². The molecule has 1 aromatic rings. The largest absolute Gasteiger partial charge is 0.317 e. The minimum atomic E-state index is 0.752. The van der Waals surface area contributed by atoms with E-state index in [1.165, 1.54) is 11.1 Å². The predicted molar refractivity (Wildman–Crippen MR) is 58.1 cm³/mol. The van der Waals surface area contributed by atoms with E-state index in [4.69, 9.17) is 5.26 Å². The Balaban J connectivity index is 2.70. The Labute approximate surface area is 85.6 Å².